The number of ether oxygens (including phenoxy) is 2. The van der Waals surface area contributed by atoms with Gasteiger partial charge in [0.15, 0.2) is 0 Å². The third-order valence-corrected chi connectivity index (χ3v) is 3.59. The normalized spacial score (nSPS) is 10.1. The summed E-state index contributed by atoms with van der Waals surface area (Å²) >= 11 is 3.48. The predicted octanol–water partition coefficient (Wildman–Crippen LogP) is 3.32. The molecule has 0 aliphatic rings. The van der Waals surface area contributed by atoms with Crippen molar-refractivity contribution < 1.29 is 9.47 Å². The molecular formula is C15H15BrN2O2. The molecule has 0 saturated carbocycles. The van der Waals surface area contributed by atoms with Gasteiger partial charge in [0.2, 0.25) is 0 Å². The molecule has 3 N–H and O–H groups in total. The molecule has 0 amide bonds. The van der Waals surface area contributed by atoms with Gasteiger partial charge < -0.3 is 15.2 Å². The average Bonchev–Trinajstić information content (AvgIpc) is 2.47. The fraction of sp³-hybridized carbons (Fsp3) is 0.133. The van der Waals surface area contributed by atoms with E-state index < -0.39 is 0 Å². The molecule has 2 aromatic carbocycles. The lowest BCUT2D eigenvalue weighted by molar-refractivity contribution is 0.304. The number of halogens is 1. The second-order valence-corrected chi connectivity index (χ2v) is 5.04. The number of hydrogen-bond acceptors (Lipinski definition) is 3. The molecule has 0 heterocycles. The molecule has 0 saturated heterocycles. The van der Waals surface area contributed by atoms with E-state index in [4.69, 9.17) is 20.6 Å². The summed E-state index contributed by atoms with van der Waals surface area (Å²) in [6, 6.07) is 12.9. The van der Waals surface area contributed by atoms with Crippen molar-refractivity contribution in [3.05, 3.63) is 58.1 Å². The van der Waals surface area contributed by atoms with Crippen LogP contribution in [0, 0.1) is 5.41 Å². The molecule has 2 aromatic rings. The van der Waals surface area contributed by atoms with Gasteiger partial charge in [0.1, 0.15) is 23.9 Å². The van der Waals surface area contributed by atoms with Gasteiger partial charge in [-0.1, -0.05) is 15.9 Å². The molecule has 0 radical (unpaired) electrons. The standard InChI is InChI=1S/C15H15BrN2O2/c1-19-13-6-7-14(16)11(8-13)9-20-12-4-2-10(3-5-12)15(17)18/h2-8H,9H2,1H3,(H3,17,18). The summed E-state index contributed by atoms with van der Waals surface area (Å²) in [6.07, 6.45) is 0. The summed E-state index contributed by atoms with van der Waals surface area (Å²) in [6.45, 7) is 0.428. The Morgan fingerprint density at radius 2 is 1.80 bits per heavy atom. The van der Waals surface area contributed by atoms with E-state index >= 15 is 0 Å². The van der Waals surface area contributed by atoms with Crippen LogP contribution in [0.3, 0.4) is 0 Å². The number of nitrogens with two attached hydrogens (primary N) is 1. The van der Waals surface area contributed by atoms with Gasteiger partial charge in [-0.05, 0) is 42.5 Å². The highest BCUT2D eigenvalue weighted by molar-refractivity contribution is 9.10. The van der Waals surface area contributed by atoms with Gasteiger partial charge in [0, 0.05) is 15.6 Å². The summed E-state index contributed by atoms with van der Waals surface area (Å²) in [7, 11) is 1.63. The highest BCUT2D eigenvalue weighted by Crippen LogP contribution is 2.24. The van der Waals surface area contributed by atoms with Crippen molar-refractivity contribution >= 4 is 21.8 Å². The molecule has 104 valence electrons. The third-order valence-electron chi connectivity index (χ3n) is 2.81. The number of amidine groups is 1. The number of nitrogens with one attached hydrogen (secondary N) is 1. The van der Waals surface area contributed by atoms with Crippen LogP contribution >= 0.6 is 15.9 Å². The van der Waals surface area contributed by atoms with Crippen molar-refractivity contribution in [2.75, 3.05) is 7.11 Å². The van der Waals surface area contributed by atoms with E-state index in [1.54, 1.807) is 31.4 Å². The SMILES string of the molecule is COc1ccc(Br)c(COc2ccc(C(=N)N)cc2)c1. The second-order valence-electron chi connectivity index (χ2n) is 4.18. The minimum absolute atomic E-state index is 0.0482. The molecule has 4 nitrogen and oxygen atoms in total. The summed E-state index contributed by atoms with van der Waals surface area (Å²) in [4.78, 5) is 0. The van der Waals surface area contributed by atoms with Crippen LogP contribution in [0.15, 0.2) is 46.9 Å². The van der Waals surface area contributed by atoms with Gasteiger partial charge in [0.05, 0.1) is 7.11 Å². The lowest BCUT2D eigenvalue weighted by Gasteiger charge is -2.10. The summed E-state index contributed by atoms with van der Waals surface area (Å²) < 4.78 is 11.9. The molecule has 20 heavy (non-hydrogen) atoms. The number of rotatable bonds is 5. The lowest BCUT2D eigenvalue weighted by Crippen LogP contribution is -2.10. The first-order valence-electron chi connectivity index (χ1n) is 6.00. The second kappa shape index (κ2) is 6.43. The number of methoxy groups -OCH3 is 1. The summed E-state index contributed by atoms with van der Waals surface area (Å²) in [5.41, 5.74) is 7.08. The number of benzene rings is 2. The molecule has 0 fully saturated rings. The Kier molecular flexibility index (Phi) is 4.63. The van der Waals surface area contributed by atoms with Gasteiger partial charge in [-0.25, -0.2) is 0 Å². The first-order chi connectivity index (χ1) is 9.60. The van der Waals surface area contributed by atoms with E-state index in [-0.39, 0.29) is 5.84 Å². The monoisotopic (exact) mass is 334 g/mol. The van der Waals surface area contributed by atoms with E-state index in [1.165, 1.54) is 0 Å². The van der Waals surface area contributed by atoms with Crippen LogP contribution in [-0.4, -0.2) is 12.9 Å². The third kappa shape index (κ3) is 3.51. The summed E-state index contributed by atoms with van der Waals surface area (Å²) in [5, 5.41) is 7.33. The Balaban J connectivity index is 2.06. The molecule has 0 aliphatic heterocycles. The van der Waals surface area contributed by atoms with Crippen LogP contribution in [0.5, 0.6) is 11.5 Å². The summed E-state index contributed by atoms with van der Waals surface area (Å²) in [5.74, 6) is 1.57. The maximum absolute atomic E-state index is 7.33. The van der Waals surface area contributed by atoms with Crippen LogP contribution in [-0.2, 0) is 6.61 Å². The van der Waals surface area contributed by atoms with Gasteiger partial charge in [-0.15, -0.1) is 0 Å². The fourth-order valence-electron chi connectivity index (χ4n) is 1.68. The number of hydrogen-bond donors (Lipinski definition) is 2. The number of nitrogen functional groups attached to an aromatic ring is 1. The van der Waals surface area contributed by atoms with E-state index in [0.717, 1.165) is 21.5 Å². The van der Waals surface area contributed by atoms with Gasteiger partial charge in [-0.3, -0.25) is 5.41 Å². The topological polar surface area (TPSA) is 68.3 Å². The Morgan fingerprint density at radius 1 is 1.15 bits per heavy atom. The molecule has 5 heteroatoms. The van der Waals surface area contributed by atoms with Crippen molar-refractivity contribution in [2.24, 2.45) is 5.73 Å². The van der Waals surface area contributed by atoms with E-state index in [2.05, 4.69) is 15.9 Å². The zero-order valence-electron chi connectivity index (χ0n) is 11.0. The quantitative estimate of drug-likeness (QED) is 0.651. The largest absolute Gasteiger partial charge is 0.497 e. The Labute approximate surface area is 126 Å². The van der Waals surface area contributed by atoms with Gasteiger partial charge in [-0.2, -0.15) is 0 Å². The maximum Gasteiger partial charge on any atom is 0.122 e. The fourth-order valence-corrected chi connectivity index (χ4v) is 2.04. The Morgan fingerprint density at radius 3 is 2.40 bits per heavy atom. The van der Waals surface area contributed by atoms with Crippen molar-refractivity contribution in [1.29, 1.82) is 5.41 Å². The van der Waals surface area contributed by atoms with Crippen LogP contribution in [0.4, 0.5) is 0 Å². The van der Waals surface area contributed by atoms with Crippen LogP contribution in [0.1, 0.15) is 11.1 Å². The van der Waals surface area contributed by atoms with Crippen molar-refractivity contribution in [3.8, 4) is 11.5 Å². The lowest BCUT2D eigenvalue weighted by atomic mass is 10.2. The molecule has 0 aromatic heterocycles. The van der Waals surface area contributed by atoms with E-state index in [9.17, 15) is 0 Å². The molecule has 0 atom stereocenters. The van der Waals surface area contributed by atoms with Crippen molar-refractivity contribution in [3.63, 3.8) is 0 Å². The zero-order chi connectivity index (χ0) is 14.5. The highest BCUT2D eigenvalue weighted by Gasteiger charge is 2.04. The van der Waals surface area contributed by atoms with Crippen LogP contribution in [0.25, 0.3) is 0 Å². The van der Waals surface area contributed by atoms with Crippen molar-refractivity contribution in [1.82, 2.24) is 0 Å². The Hall–Kier alpha value is -2.01. The van der Waals surface area contributed by atoms with Gasteiger partial charge in [0.25, 0.3) is 0 Å². The Bertz CT molecular complexity index is 612. The first-order valence-corrected chi connectivity index (χ1v) is 6.79. The molecular weight excluding hydrogens is 320 g/mol. The predicted molar refractivity (Wildman–Crippen MR) is 82.5 cm³/mol. The van der Waals surface area contributed by atoms with Crippen LogP contribution < -0.4 is 15.2 Å². The average molecular weight is 335 g/mol. The van der Waals surface area contributed by atoms with Crippen molar-refractivity contribution in [2.45, 2.75) is 6.61 Å². The smallest absolute Gasteiger partial charge is 0.122 e. The minimum atomic E-state index is 0.0482. The van der Waals surface area contributed by atoms with Gasteiger partial charge >= 0.3 is 0 Å². The maximum atomic E-state index is 7.33. The highest BCUT2D eigenvalue weighted by atomic mass is 79.9. The first kappa shape index (κ1) is 14.4. The minimum Gasteiger partial charge on any atom is -0.497 e. The molecule has 2 rings (SSSR count). The van der Waals surface area contributed by atoms with Crippen LogP contribution in [0.2, 0.25) is 0 Å². The van der Waals surface area contributed by atoms with E-state index in [0.29, 0.717) is 12.2 Å². The van der Waals surface area contributed by atoms with E-state index in [1.807, 2.05) is 18.2 Å². The zero-order valence-corrected chi connectivity index (χ0v) is 12.6. The molecule has 0 bridgehead atoms. The molecule has 0 spiro atoms. The molecule has 0 unspecified atom stereocenters. The molecule has 0 aliphatic carbocycles.